The molecule has 0 aromatic carbocycles. The number of nitrogens with one attached hydrogen (secondary N) is 2. The second-order valence-electron chi connectivity index (χ2n) is 5.41. The Bertz CT molecular complexity index is 661. The lowest BCUT2D eigenvalue weighted by atomic mass is 10.2. The SMILES string of the molecule is Cc1cc(C(=O)NCc2cc(C)on2)cc(NC2CC2)n1. The highest BCUT2D eigenvalue weighted by atomic mass is 16.5. The summed E-state index contributed by atoms with van der Waals surface area (Å²) in [4.78, 5) is 16.6. The van der Waals surface area contributed by atoms with Crippen LogP contribution in [-0.2, 0) is 6.54 Å². The van der Waals surface area contributed by atoms with Crippen molar-refractivity contribution >= 4 is 11.7 Å². The van der Waals surface area contributed by atoms with Gasteiger partial charge in [0, 0.05) is 23.4 Å². The van der Waals surface area contributed by atoms with Crippen LogP contribution in [0, 0.1) is 13.8 Å². The zero-order valence-corrected chi connectivity index (χ0v) is 12.1. The van der Waals surface area contributed by atoms with Crippen LogP contribution in [0.2, 0.25) is 0 Å². The van der Waals surface area contributed by atoms with Crippen LogP contribution in [-0.4, -0.2) is 22.1 Å². The molecule has 0 radical (unpaired) electrons. The molecular formula is C15H18N4O2. The number of carbonyl (C=O) groups is 1. The van der Waals surface area contributed by atoms with E-state index in [4.69, 9.17) is 4.52 Å². The largest absolute Gasteiger partial charge is 0.367 e. The summed E-state index contributed by atoms with van der Waals surface area (Å²) in [6.45, 7) is 4.05. The Morgan fingerprint density at radius 3 is 2.81 bits per heavy atom. The van der Waals surface area contributed by atoms with Crippen molar-refractivity contribution in [3.63, 3.8) is 0 Å². The normalized spacial score (nSPS) is 14.0. The molecule has 110 valence electrons. The Hall–Kier alpha value is -2.37. The maximum Gasteiger partial charge on any atom is 0.251 e. The summed E-state index contributed by atoms with van der Waals surface area (Å²) in [5, 5.41) is 10.00. The lowest BCUT2D eigenvalue weighted by molar-refractivity contribution is 0.0950. The van der Waals surface area contributed by atoms with E-state index in [1.165, 1.54) is 12.8 Å². The van der Waals surface area contributed by atoms with Crippen LogP contribution in [0.1, 0.15) is 40.3 Å². The Labute approximate surface area is 122 Å². The molecule has 1 aliphatic carbocycles. The summed E-state index contributed by atoms with van der Waals surface area (Å²) in [5.41, 5.74) is 2.14. The van der Waals surface area contributed by atoms with E-state index >= 15 is 0 Å². The number of nitrogens with zero attached hydrogens (tertiary/aromatic N) is 2. The van der Waals surface area contributed by atoms with Gasteiger partial charge < -0.3 is 15.2 Å². The molecule has 2 aromatic heterocycles. The number of carbonyl (C=O) groups excluding carboxylic acids is 1. The highest BCUT2D eigenvalue weighted by Crippen LogP contribution is 2.24. The van der Waals surface area contributed by atoms with Crippen molar-refractivity contribution in [1.82, 2.24) is 15.5 Å². The van der Waals surface area contributed by atoms with Gasteiger partial charge >= 0.3 is 0 Å². The number of aryl methyl sites for hydroxylation is 2. The maximum absolute atomic E-state index is 12.2. The van der Waals surface area contributed by atoms with Crippen LogP contribution in [0.15, 0.2) is 22.7 Å². The Morgan fingerprint density at radius 2 is 2.14 bits per heavy atom. The number of anilines is 1. The standard InChI is InChI=1S/C15H18N4O2/c1-9-5-11(7-14(17-9)18-12-3-4-12)15(20)16-8-13-6-10(2)21-19-13/h5-7,12H,3-4,8H2,1-2H3,(H,16,20)(H,17,18). The molecule has 2 N–H and O–H groups in total. The predicted molar refractivity (Wildman–Crippen MR) is 78.0 cm³/mol. The van der Waals surface area contributed by atoms with E-state index < -0.39 is 0 Å². The second-order valence-corrected chi connectivity index (χ2v) is 5.41. The molecule has 1 aliphatic rings. The smallest absolute Gasteiger partial charge is 0.251 e. The third kappa shape index (κ3) is 3.59. The predicted octanol–water partition coefficient (Wildman–Crippen LogP) is 2.19. The van der Waals surface area contributed by atoms with E-state index in [9.17, 15) is 4.79 Å². The first-order valence-corrected chi connectivity index (χ1v) is 7.06. The van der Waals surface area contributed by atoms with Crippen LogP contribution in [0.3, 0.4) is 0 Å². The Morgan fingerprint density at radius 1 is 1.33 bits per heavy atom. The lowest BCUT2D eigenvalue weighted by Crippen LogP contribution is -2.23. The molecule has 0 spiro atoms. The van der Waals surface area contributed by atoms with E-state index in [2.05, 4.69) is 20.8 Å². The van der Waals surface area contributed by atoms with Crippen molar-refractivity contribution in [3.05, 3.63) is 40.9 Å². The molecule has 0 bridgehead atoms. The molecule has 3 rings (SSSR count). The van der Waals surface area contributed by atoms with Gasteiger partial charge in [-0.2, -0.15) is 0 Å². The second kappa shape index (κ2) is 5.55. The van der Waals surface area contributed by atoms with Crippen LogP contribution < -0.4 is 10.6 Å². The highest BCUT2D eigenvalue weighted by molar-refractivity contribution is 5.94. The fourth-order valence-electron chi connectivity index (χ4n) is 2.08. The summed E-state index contributed by atoms with van der Waals surface area (Å²) in [5.74, 6) is 1.36. The van der Waals surface area contributed by atoms with Gasteiger partial charge in [-0.05, 0) is 38.8 Å². The zero-order chi connectivity index (χ0) is 14.8. The molecular weight excluding hydrogens is 268 g/mol. The van der Waals surface area contributed by atoms with E-state index in [0.717, 1.165) is 17.3 Å². The number of hydrogen-bond donors (Lipinski definition) is 2. The van der Waals surface area contributed by atoms with Crippen molar-refractivity contribution in [2.45, 2.75) is 39.3 Å². The zero-order valence-electron chi connectivity index (χ0n) is 12.1. The maximum atomic E-state index is 12.2. The van der Waals surface area contributed by atoms with Crippen molar-refractivity contribution in [3.8, 4) is 0 Å². The monoisotopic (exact) mass is 286 g/mol. The van der Waals surface area contributed by atoms with Gasteiger partial charge in [0.05, 0.1) is 6.54 Å². The van der Waals surface area contributed by atoms with Gasteiger partial charge in [0.15, 0.2) is 0 Å². The van der Waals surface area contributed by atoms with E-state index in [1.807, 2.05) is 13.8 Å². The minimum Gasteiger partial charge on any atom is -0.367 e. The van der Waals surface area contributed by atoms with Gasteiger partial charge in [0.25, 0.3) is 5.91 Å². The summed E-state index contributed by atoms with van der Waals surface area (Å²) >= 11 is 0. The number of rotatable bonds is 5. The molecule has 0 unspecified atom stereocenters. The fraction of sp³-hybridized carbons (Fsp3) is 0.400. The summed E-state index contributed by atoms with van der Waals surface area (Å²) < 4.78 is 4.97. The van der Waals surface area contributed by atoms with Crippen molar-refractivity contribution in [1.29, 1.82) is 0 Å². The molecule has 0 saturated heterocycles. The molecule has 6 heteroatoms. The highest BCUT2D eigenvalue weighted by Gasteiger charge is 2.21. The number of pyridine rings is 1. The van der Waals surface area contributed by atoms with Gasteiger partial charge in [0.2, 0.25) is 0 Å². The summed E-state index contributed by atoms with van der Waals surface area (Å²) in [7, 11) is 0. The topological polar surface area (TPSA) is 80.0 Å². The Kier molecular flexibility index (Phi) is 3.60. The minimum atomic E-state index is -0.139. The molecule has 6 nitrogen and oxygen atoms in total. The first-order chi connectivity index (χ1) is 10.1. The molecule has 21 heavy (non-hydrogen) atoms. The minimum absolute atomic E-state index is 0.139. The number of amides is 1. The first-order valence-electron chi connectivity index (χ1n) is 7.06. The molecule has 2 aromatic rings. The third-order valence-corrected chi connectivity index (χ3v) is 3.25. The van der Waals surface area contributed by atoms with Crippen molar-refractivity contribution in [2.24, 2.45) is 0 Å². The van der Waals surface area contributed by atoms with Crippen LogP contribution in [0.4, 0.5) is 5.82 Å². The van der Waals surface area contributed by atoms with Gasteiger partial charge in [-0.15, -0.1) is 0 Å². The van der Waals surface area contributed by atoms with Crippen LogP contribution >= 0.6 is 0 Å². The summed E-state index contributed by atoms with van der Waals surface area (Å²) in [6.07, 6.45) is 2.34. The average Bonchev–Trinajstić information content (AvgIpc) is 3.15. The van der Waals surface area contributed by atoms with E-state index in [0.29, 0.717) is 23.8 Å². The molecule has 1 amide bonds. The Balaban J connectivity index is 1.66. The molecule has 1 saturated carbocycles. The van der Waals surface area contributed by atoms with Crippen LogP contribution in [0.25, 0.3) is 0 Å². The number of hydrogen-bond acceptors (Lipinski definition) is 5. The van der Waals surface area contributed by atoms with E-state index in [-0.39, 0.29) is 5.91 Å². The quantitative estimate of drug-likeness (QED) is 0.880. The fourth-order valence-corrected chi connectivity index (χ4v) is 2.08. The molecule has 1 fully saturated rings. The molecule has 0 aliphatic heterocycles. The van der Waals surface area contributed by atoms with Crippen LogP contribution in [0.5, 0.6) is 0 Å². The van der Waals surface area contributed by atoms with Gasteiger partial charge in [-0.3, -0.25) is 4.79 Å². The average molecular weight is 286 g/mol. The van der Waals surface area contributed by atoms with Crippen molar-refractivity contribution < 1.29 is 9.32 Å². The third-order valence-electron chi connectivity index (χ3n) is 3.25. The van der Waals surface area contributed by atoms with Gasteiger partial charge in [-0.1, -0.05) is 5.16 Å². The van der Waals surface area contributed by atoms with Gasteiger partial charge in [0.1, 0.15) is 17.3 Å². The molecule has 2 heterocycles. The number of aromatic nitrogens is 2. The lowest BCUT2D eigenvalue weighted by Gasteiger charge is -2.08. The summed E-state index contributed by atoms with van der Waals surface area (Å²) in [6, 6.07) is 5.88. The molecule has 0 atom stereocenters. The van der Waals surface area contributed by atoms with Gasteiger partial charge in [-0.25, -0.2) is 4.98 Å². The van der Waals surface area contributed by atoms with Crippen molar-refractivity contribution in [2.75, 3.05) is 5.32 Å². The first kappa shape index (κ1) is 13.6. The van der Waals surface area contributed by atoms with E-state index in [1.54, 1.807) is 18.2 Å².